The third kappa shape index (κ3) is 3.45. The summed E-state index contributed by atoms with van der Waals surface area (Å²) in [6.07, 6.45) is 1.63. The lowest BCUT2D eigenvalue weighted by Gasteiger charge is -2.03. The maximum absolute atomic E-state index is 12.9. The van der Waals surface area contributed by atoms with E-state index in [1.807, 2.05) is 87.0 Å². The molecule has 0 bridgehead atoms. The summed E-state index contributed by atoms with van der Waals surface area (Å²) in [5, 5.41) is 7.75. The third-order valence-corrected chi connectivity index (χ3v) is 4.99. The summed E-state index contributed by atoms with van der Waals surface area (Å²) in [5.74, 6) is 0. The lowest BCUT2D eigenvalue weighted by molar-refractivity contribution is 0.834. The highest BCUT2D eigenvalue weighted by Gasteiger charge is 2.14. The molecule has 146 valence electrons. The van der Waals surface area contributed by atoms with Crippen molar-refractivity contribution in [2.45, 2.75) is 27.7 Å². The van der Waals surface area contributed by atoms with Crippen LogP contribution in [0.5, 0.6) is 0 Å². The Balaban J connectivity index is 1.71. The standard InChI is InChI=1S/C23H23N5O/c1-15-10-12-20(13-11-15)28-23(29)21(16(2)25-28)14-24-22-17(3)26-27(18(22)4)19-8-6-5-7-9-19/h5-14,25H,1-4H3. The minimum Gasteiger partial charge on any atom is -0.295 e. The fraction of sp³-hybridized carbons (Fsp3) is 0.174. The van der Waals surface area contributed by atoms with Gasteiger partial charge in [0, 0.05) is 11.9 Å². The topological polar surface area (TPSA) is 68.0 Å². The van der Waals surface area contributed by atoms with Gasteiger partial charge in [-0.25, -0.2) is 9.36 Å². The molecular weight excluding hydrogens is 362 g/mol. The molecule has 6 nitrogen and oxygen atoms in total. The summed E-state index contributed by atoms with van der Waals surface area (Å²) in [5.41, 5.74) is 6.63. The summed E-state index contributed by atoms with van der Waals surface area (Å²) in [4.78, 5) is 17.5. The molecule has 0 saturated heterocycles. The van der Waals surface area contributed by atoms with E-state index in [0.29, 0.717) is 5.56 Å². The smallest absolute Gasteiger partial charge is 0.280 e. The lowest BCUT2D eigenvalue weighted by Crippen LogP contribution is -2.17. The zero-order valence-corrected chi connectivity index (χ0v) is 17.0. The average Bonchev–Trinajstić information content (AvgIpc) is 3.17. The molecule has 4 rings (SSSR count). The van der Waals surface area contributed by atoms with Gasteiger partial charge in [0.05, 0.1) is 28.3 Å². The molecular formula is C23H23N5O. The Hall–Kier alpha value is -3.67. The minimum atomic E-state index is -0.124. The van der Waals surface area contributed by atoms with E-state index in [4.69, 9.17) is 0 Å². The number of nitrogens with one attached hydrogen (secondary N) is 1. The monoisotopic (exact) mass is 385 g/mol. The van der Waals surface area contributed by atoms with Gasteiger partial charge in [-0.3, -0.25) is 14.9 Å². The molecule has 0 saturated carbocycles. The van der Waals surface area contributed by atoms with Crippen molar-refractivity contribution in [3.8, 4) is 11.4 Å². The van der Waals surface area contributed by atoms with Crippen LogP contribution in [-0.2, 0) is 0 Å². The highest BCUT2D eigenvalue weighted by Crippen LogP contribution is 2.25. The van der Waals surface area contributed by atoms with Crippen LogP contribution in [0.15, 0.2) is 64.4 Å². The van der Waals surface area contributed by atoms with E-state index in [9.17, 15) is 4.79 Å². The van der Waals surface area contributed by atoms with Gasteiger partial charge in [-0.05, 0) is 52.0 Å². The van der Waals surface area contributed by atoms with Gasteiger partial charge in [-0.1, -0.05) is 35.9 Å². The number of aromatic amines is 1. The van der Waals surface area contributed by atoms with Crippen LogP contribution in [0.2, 0.25) is 0 Å². The Bertz CT molecular complexity index is 1240. The molecule has 29 heavy (non-hydrogen) atoms. The van der Waals surface area contributed by atoms with Crippen LogP contribution in [-0.4, -0.2) is 25.8 Å². The largest absolute Gasteiger partial charge is 0.295 e. The van der Waals surface area contributed by atoms with Crippen LogP contribution in [0, 0.1) is 27.7 Å². The number of rotatable bonds is 4. The van der Waals surface area contributed by atoms with Gasteiger partial charge in [0.15, 0.2) is 0 Å². The highest BCUT2D eigenvalue weighted by atomic mass is 16.1. The Labute approximate surface area is 169 Å². The van der Waals surface area contributed by atoms with Crippen molar-refractivity contribution in [1.82, 2.24) is 19.6 Å². The van der Waals surface area contributed by atoms with E-state index in [0.717, 1.165) is 39.7 Å². The predicted octanol–water partition coefficient (Wildman–Crippen LogP) is 4.34. The van der Waals surface area contributed by atoms with Gasteiger partial charge in [0.1, 0.15) is 5.69 Å². The van der Waals surface area contributed by atoms with Crippen LogP contribution in [0.25, 0.3) is 11.4 Å². The fourth-order valence-corrected chi connectivity index (χ4v) is 3.36. The molecule has 0 unspecified atom stereocenters. The SMILES string of the molecule is Cc1ccc(-n2[nH]c(C)c(C=Nc3c(C)nn(-c4ccccc4)c3C)c2=O)cc1. The van der Waals surface area contributed by atoms with E-state index in [1.54, 1.807) is 10.9 Å². The second-order valence-electron chi connectivity index (χ2n) is 7.15. The number of aliphatic imine (C=N–C) groups is 1. The van der Waals surface area contributed by atoms with Crippen molar-refractivity contribution in [2.24, 2.45) is 4.99 Å². The number of hydrogen-bond donors (Lipinski definition) is 1. The van der Waals surface area contributed by atoms with E-state index >= 15 is 0 Å². The summed E-state index contributed by atoms with van der Waals surface area (Å²) < 4.78 is 3.42. The van der Waals surface area contributed by atoms with Crippen molar-refractivity contribution >= 4 is 11.9 Å². The van der Waals surface area contributed by atoms with Crippen LogP contribution in [0.4, 0.5) is 5.69 Å². The molecule has 2 aromatic heterocycles. The molecule has 0 aliphatic heterocycles. The van der Waals surface area contributed by atoms with Crippen LogP contribution >= 0.6 is 0 Å². The summed E-state index contributed by atoms with van der Waals surface area (Å²) >= 11 is 0. The van der Waals surface area contributed by atoms with Crippen LogP contribution in [0.1, 0.15) is 28.2 Å². The first-order valence-corrected chi connectivity index (χ1v) is 9.50. The Kier molecular flexibility index (Phi) is 4.76. The third-order valence-electron chi connectivity index (χ3n) is 4.99. The maximum Gasteiger partial charge on any atom is 0.280 e. The van der Waals surface area contributed by atoms with Gasteiger partial charge >= 0.3 is 0 Å². The van der Waals surface area contributed by atoms with Crippen molar-refractivity contribution in [1.29, 1.82) is 0 Å². The molecule has 4 aromatic rings. The van der Waals surface area contributed by atoms with Crippen LogP contribution in [0.3, 0.4) is 0 Å². The highest BCUT2D eigenvalue weighted by molar-refractivity contribution is 5.83. The molecule has 0 aliphatic rings. The van der Waals surface area contributed by atoms with E-state index < -0.39 is 0 Å². The molecule has 0 atom stereocenters. The summed E-state index contributed by atoms with van der Waals surface area (Å²) in [6, 6.07) is 17.7. The molecule has 2 aromatic carbocycles. The Morgan fingerprint density at radius 3 is 2.31 bits per heavy atom. The first kappa shape index (κ1) is 18.7. The van der Waals surface area contributed by atoms with Crippen molar-refractivity contribution < 1.29 is 0 Å². The van der Waals surface area contributed by atoms with E-state index in [1.165, 1.54) is 0 Å². The molecule has 0 radical (unpaired) electrons. The number of aromatic nitrogens is 4. The predicted molar refractivity (Wildman–Crippen MR) is 116 cm³/mol. The zero-order valence-electron chi connectivity index (χ0n) is 17.0. The second kappa shape index (κ2) is 7.39. The number of H-pyrrole nitrogens is 1. The van der Waals surface area contributed by atoms with Crippen molar-refractivity contribution in [3.05, 3.63) is 93.2 Å². The number of nitrogens with zero attached hydrogens (tertiary/aromatic N) is 4. The van der Waals surface area contributed by atoms with Crippen molar-refractivity contribution in [2.75, 3.05) is 0 Å². The van der Waals surface area contributed by atoms with E-state index in [-0.39, 0.29) is 5.56 Å². The lowest BCUT2D eigenvalue weighted by atomic mass is 10.2. The van der Waals surface area contributed by atoms with Gasteiger partial charge in [0.25, 0.3) is 5.56 Å². The average molecular weight is 385 g/mol. The van der Waals surface area contributed by atoms with Gasteiger partial charge < -0.3 is 0 Å². The first-order valence-electron chi connectivity index (χ1n) is 9.50. The van der Waals surface area contributed by atoms with Crippen LogP contribution < -0.4 is 5.56 Å². The zero-order chi connectivity index (χ0) is 20.5. The number of hydrogen-bond acceptors (Lipinski definition) is 3. The van der Waals surface area contributed by atoms with E-state index in [2.05, 4.69) is 15.2 Å². The first-order chi connectivity index (χ1) is 14.0. The normalized spacial score (nSPS) is 11.4. The number of para-hydroxylation sites is 1. The van der Waals surface area contributed by atoms with Gasteiger partial charge in [-0.15, -0.1) is 0 Å². The van der Waals surface area contributed by atoms with Crippen molar-refractivity contribution in [3.63, 3.8) is 0 Å². The quantitative estimate of drug-likeness (QED) is 0.531. The summed E-state index contributed by atoms with van der Waals surface area (Å²) in [6.45, 7) is 7.80. The summed E-state index contributed by atoms with van der Waals surface area (Å²) in [7, 11) is 0. The second-order valence-corrected chi connectivity index (χ2v) is 7.15. The molecule has 1 N–H and O–H groups in total. The van der Waals surface area contributed by atoms with Gasteiger partial charge in [-0.2, -0.15) is 5.10 Å². The molecule has 0 amide bonds. The molecule has 6 heteroatoms. The number of aryl methyl sites for hydroxylation is 3. The molecule has 0 aliphatic carbocycles. The Morgan fingerprint density at radius 2 is 1.62 bits per heavy atom. The molecule has 2 heterocycles. The molecule has 0 fully saturated rings. The molecule has 0 spiro atoms. The van der Waals surface area contributed by atoms with Gasteiger partial charge in [0.2, 0.25) is 0 Å². The Morgan fingerprint density at radius 1 is 0.931 bits per heavy atom. The fourth-order valence-electron chi connectivity index (χ4n) is 3.36. The minimum absolute atomic E-state index is 0.124. The number of benzene rings is 2. The maximum atomic E-state index is 12.9.